The minimum absolute atomic E-state index is 0.0927. The summed E-state index contributed by atoms with van der Waals surface area (Å²) in [5, 5.41) is 0. The zero-order valence-corrected chi connectivity index (χ0v) is 12.8. The molecule has 0 N–H and O–H groups in total. The van der Waals surface area contributed by atoms with Crippen molar-refractivity contribution >= 4 is 37.8 Å². The van der Waals surface area contributed by atoms with Gasteiger partial charge in [-0.25, -0.2) is 9.18 Å². The molecule has 6 nitrogen and oxygen atoms in total. The minimum Gasteiger partial charge on any atom is -0.441 e. The normalized spacial score (nSPS) is 19.2. The van der Waals surface area contributed by atoms with Gasteiger partial charge in [0.1, 0.15) is 18.5 Å². The predicted octanol–water partition coefficient (Wildman–Crippen LogP) is 1.89. The number of hydrogen-bond acceptors (Lipinski definition) is 5. The highest BCUT2D eigenvalue weighted by molar-refractivity contribution is 9.10. The molecule has 1 unspecified atom stereocenters. The van der Waals surface area contributed by atoms with Crippen LogP contribution in [0.15, 0.2) is 22.7 Å². The van der Waals surface area contributed by atoms with E-state index in [1.54, 1.807) is 6.07 Å². The molecule has 0 radical (unpaired) electrons. The Morgan fingerprint density at radius 3 is 2.85 bits per heavy atom. The van der Waals surface area contributed by atoms with Crippen LogP contribution < -0.4 is 4.90 Å². The Morgan fingerprint density at radius 2 is 2.25 bits per heavy atom. The van der Waals surface area contributed by atoms with Crippen LogP contribution in [0.2, 0.25) is 0 Å². The molecule has 0 aromatic heterocycles. The van der Waals surface area contributed by atoms with E-state index in [0.717, 1.165) is 6.26 Å². The van der Waals surface area contributed by atoms with Crippen molar-refractivity contribution in [2.75, 3.05) is 24.3 Å². The Balaban J connectivity index is 2.07. The number of hydrogen-bond donors (Lipinski definition) is 0. The molecule has 0 bridgehead atoms. The lowest BCUT2D eigenvalue weighted by atomic mass is 10.2. The van der Waals surface area contributed by atoms with Gasteiger partial charge in [-0.15, -0.1) is 0 Å². The lowest BCUT2D eigenvalue weighted by Crippen LogP contribution is -2.26. The van der Waals surface area contributed by atoms with Crippen LogP contribution in [0, 0.1) is 5.82 Å². The quantitative estimate of drug-likeness (QED) is 0.759. The van der Waals surface area contributed by atoms with E-state index in [-0.39, 0.29) is 17.6 Å². The van der Waals surface area contributed by atoms with Crippen LogP contribution in [0.3, 0.4) is 0 Å². The molecule has 1 aromatic carbocycles. The molecule has 20 heavy (non-hydrogen) atoms. The lowest BCUT2D eigenvalue weighted by Gasteiger charge is -2.13. The summed E-state index contributed by atoms with van der Waals surface area (Å²) in [4.78, 5) is 12.9. The minimum atomic E-state index is -3.60. The molecule has 2 rings (SSSR count). The molecule has 1 saturated heterocycles. The largest absolute Gasteiger partial charge is 0.441 e. The van der Waals surface area contributed by atoms with Crippen molar-refractivity contribution in [3.05, 3.63) is 28.5 Å². The van der Waals surface area contributed by atoms with Crippen LogP contribution in [0.4, 0.5) is 14.9 Å². The van der Waals surface area contributed by atoms with Crippen molar-refractivity contribution in [1.29, 1.82) is 0 Å². The monoisotopic (exact) mass is 367 g/mol. The van der Waals surface area contributed by atoms with Crippen molar-refractivity contribution < 1.29 is 26.5 Å². The molecule has 1 heterocycles. The van der Waals surface area contributed by atoms with Crippen LogP contribution in [-0.2, 0) is 19.0 Å². The maximum absolute atomic E-state index is 13.4. The van der Waals surface area contributed by atoms with Crippen LogP contribution in [0.25, 0.3) is 0 Å². The molecule has 1 aliphatic heterocycles. The first-order valence-electron chi connectivity index (χ1n) is 5.54. The molecule has 0 spiro atoms. The Kier molecular flexibility index (Phi) is 4.31. The molecule has 1 amide bonds. The fourth-order valence-corrected chi connectivity index (χ4v) is 2.32. The lowest BCUT2D eigenvalue weighted by molar-refractivity contribution is 0.107. The van der Waals surface area contributed by atoms with E-state index in [0.29, 0.717) is 5.69 Å². The second-order valence-electron chi connectivity index (χ2n) is 4.20. The van der Waals surface area contributed by atoms with Crippen molar-refractivity contribution in [2.45, 2.75) is 6.10 Å². The summed E-state index contributed by atoms with van der Waals surface area (Å²) < 4.78 is 45.0. The van der Waals surface area contributed by atoms with Gasteiger partial charge in [0, 0.05) is 0 Å². The van der Waals surface area contributed by atoms with Gasteiger partial charge in [-0.3, -0.25) is 9.08 Å². The van der Waals surface area contributed by atoms with Crippen molar-refractivity contribution in [2.24, 2.45) is 0 Å². The number of cyclic esters (lactones) is 1. The third-order valence-corrected chi connectivity index (χ3v) is 3.76. The molecule has 1 aliphatic rings. The molecule has 0 saturated carbocycles. The number of benzene rings is 1. The van der Waals surface area contributed by atoms with E-state index in [1.165, 1.54) is 17.0 Å². The van der Waals surface area contributed by atoms with Gasteiger partial charge in [-0.1, -0.05) is 0 Å². The standard InChI is InChI=1S/C11H11BrFNO5S/c1-20(16,17)18-6-8-5-14(11(15)19-8)7-2-3-9(12)10(13)4-7/h2-4,8H,5-6H2,1H3. The topological polar surface area (TPSA) is 72.9 Å². The third kappa shape index (κ3) is 3.68. The van der Waals surface area contributed by atoms with Gasteiger partial charge in [-0.2, -0.15) is 8.42 Å². The first-order chi connectivity index (χ1) is 9.26. The number of nitrogens with zero attached hydrogens (tertiary/aromatic N) is 1. The number of amides is 1. The van der Waals surface area contributed by atoms with Gasteiger partial charge in [0.15, 0.2) is 0 Å². The molecule has 0 aliphatic carbocycles. The smallest absolute Gasteiger partial charge is 0.414 e. The summed E-state index contributed by atoms with van der Waals surface area (Å²) in [6.07, 6.45) is -0.483. The second-order valence-corrected chi connectivity index (χ2v) is 6.70. The fraction of sp³-hybridized carbons (Fsp3) is 0.364. The Hall–Kier alpha value is -1.19. The van der Waals surface area contributed by atoms with Gasteiger partial charge in [0.2, 0.25) is 0 Å². The Morgan fingerprint density at radius 1 is 1.55 bits per heavy atom. The molecule has 110 valence electrons. The van der Waals surface area contributed by atoms with Crippen molar-refractivity contribution in [3.8, 4) is 0 Å². The summed E-state index contributed by atoms with van der Waals surface area (Å²) in [6.45, 7) is -0.171. The molecule has 9 heteroatoms. The van der Waals surface area contributed by atoms with Crippen LogP contribution >= 0.6 is 15.9 Å². The van der Waals surface area contributed by atoms with E-state index in [2.05, 4.69) is 20.1 Å². The summed E-state index contributed by atoms with van der Waals surface area (Å²) in [5.41, 5.74) is 0.331. The van der Waals surface area contributed by atoms with Crippen molar-refractivity contribution in [3.63, 3.8) is 0 Å². The van der Waals surface area contributed by atoms with E-state index in [4.69, 9.17) is 4.74 Å². The van der Waals surface area contributed by atoms with E-state index in [1.807, 2.05) is 0 Å². The summed E-state index contributed by atoms with van der Waals surface area (Å²) in [5.74, 6) is -0.508. The van der Waals surface area contributed by atoms with E-state index >= 15 is 0 Å². The van der Waals surface area contributed by atoms with E-state index in [9.17, 15) is 17.6 Å². The highest BCUT2D eigenvalue weighted by atomic mass is 79.9. The van der Waals surface area contributed by atoms with Crippen LogP contribution in [-0.4, -0.2) is 40.0 Å². The summed E-state index contributed by atoms with van der Waals surface area (Å²) in [6, 6.07) is 4.21. The average molecular weight is 368 g/mol. The van der Waals surface area contributed by atoms with Crippen LogP contribution in [0.1, 0.15) is 0 Å². The molecule has 1 aromatic rings. The summed E-state index contributed by atoms with van der Waals surface area (Å²) in [7, 11) is -3.60. The molecule has 1 atom stereocenters. The number of carbonyl (C=O) groups is 1. The number of halogens is 2. The highest BCUT2D eigenvalue weighted by Crippen LogP contribution is 2.26. The van der Waals surface area contributed by atoms with Gasteiger partial charge in [-0.05, 0) is 34.1 Å². The Bertz CT molecular complexity index is 636. The molecular formula is C11H11BrFNO5S. The van der Waals surface area contributed by atoms with Gasteiger partial charge in [0.05, 0.1) is 23.0 Å². The number of ether oxygens (including phenoxy) is 1. The fourth-order valence-electron chi connectivity index (χ4n) is 1.67. The van der Waals surface area contributed by atoms with Crippen molar-refractivity contribution in [1.82, 2.24) is 0 Å². The SMILES string of the molecule is CS(=O)(=O)OCC1CN(c2ccc(Br)c(F)c2)C(=O)O1. The second kappa shape index (κ2) is 5.66. The average Bonchev–Trinajstić information content (AvgIpc) is 2.71. The third-order valence-electron chi connectivity index (χ3n) is 2.56. The van der Waals surface area contributed by atoms with Crippen LogP contribution in [0.5, 0.6) is 0 Å². The first-order valence-corrected chi connectivity index (χ1v) is 8.15. The first kappa shape index (κ1) is 15.2. The number of rotatable bonds is 4. The number of carbonyl (C=O) groups excluding carboxylic acids is 1. The van der Waals surface area contributed by atoms with Gasteiger partial charge < -0.3 is 4.74 Å². The maximum Gasteiger partial charge on any atom is 0.414 e. The van der Waals surface area contributed by atoms with Gasteiger partial charge in [0.25, 0.3) is 10.1 Å². The zero-order chi connectivity index (χ0) is 14.9. The predicted molar refractivity (Wildman–Crippen MR) is 72.5 cm³/mol. The zero-order valence-electron chi connectivity index (χ0n) is 10.4. The van der Waals surface area contributed by atoms with Gasteiger partial charge >= 0.3 is 6.09 Å². The van der Waals surface area contributed by atoms with E-state index < -0.39 is 28.1 Å². The Labute approximate surface area is 123 Å². The summed E-state index contributed by atoms with van der Waals surface area (Å²) >= 11 is 3.02. The molecular weight excluding hydrogens is 357 g/mol. The number of anilines is 1. The molecule has 1 fully saturated rings. The maximum atomic E-state index is 13.4. The highest BCUT2D eigenvalue weighted by Gasteiger charge is 2.33.